The summed E-state index contributed by atoms with van der Waals surface area (Å²) in [6.07, 6.45) is 2.17. The number of benzene rings is 2. The van der Waals surface area contributed by atoms with Gasteiger partial charge in [-0.25, -0.2) is 22.0 Å². The Labute approximate surface area is 238 Å². The zero-order chi connectivity index (χ0) is 29.4. The normalized spacial score (nSPS) is 20.4. The molecule has 0 aliphatic carbocycles. The topological polar surface area (TPSA) is 170 Å². The Kier molecular flexibility index (Phi) is 8.27. The van der Waals surface area contributed by atoms with Crippen LogP contribution in [0.15, 0.2) is 69.3 Å². The van der Waals surface area contributed by atoms with E-state index in [2.05, 4.69) is 5.32 Å². The molecule has 1 aromatic heterocycles. The third kappa shape index (κ3) is 6.33. The third-order valence-corrected chi connectivity index (χ3v) is 10.5. The molecule has 1 spiro atoms. The number of hydrogen-bond acceptors (Lipinski definition) is 9. The highest BCUT2D eigenvalue weighted by atomic mass is 32.2. The average Bonchev–Trinajstić information content (AvgIpc) is 3.34. The van der Waals surface area contributed by atoms with Gasteiger partial charge in [0.05, 0.1) is 22.6 Å². The van der Waals surface area contributed by atoms with E-state index in [9.17, 15) is 26.7 Å². The zero-order valence-corrected chi connectivity index (χ0v) is 24.2. The fourth-order valence-electron chi connectivity index (χ4n) is 5.49. The van der Waals surface area contributed by atoms with Crippen LogP contribution in [0.4, 0.5) is 0 Å². The number of aliphatic hydroxyl groups is 1. The molecule has 2 aliphatic rings. The van der Waals surface area contributed by atoms with Crippen LogP contribution in [0.2, 0.25) is 0 Å². The molecular formula is C27H34N4O8S2. The number of nitrogens with two attached hydrogens (primary N) is 1. The number of sulfonamides is 2. The van der Waals surface area contributed by atoms with Crippen molar-refractivity contribution in [2.45, 2.75) is 46.8 Å². The van der Waals surface area contributed by atoms with E-state index in [0.29, 0.717) is 36.8 Å². The second-order valence-electron chi connectivity index (χ2n) is 10.6. The van der Waals surface area contributed by atoms with E-state index >= 15 is 0 Å². The summed E-state index contributed by atoms with van der Waals surface area (Å²) >= 11 is 0. The predicted octanol–water partition coefficient (Wildman–Crippen LogP) is 0.528. The van der Waals surface area contributed by atoms with Gasteiger partial charge in [0, 0.05) is 50.4 Å². The third-order valence-electron chi connectivity index (χ3n) is 7.74. The number of primary sulfonamides is 1. The van der Waals surface area contributed by atoms with Gasteiger partial charge < -0.3 is 24.5 Å². The predicted molar refractivity (Wildman–Crippen MR) is 152 cm³/mol. The largest absolute Gasteiger partial charge is 0.491 e. The lowest BCUT2D eigenvalue weighted by Gasteiger charge is -2.38. The first-order valence-electron chi connectivity index (χ1n) is 13.3. The van der Waals surface area contributed by atoms with Gasteiger partial charge >= 0.3 is 0 Å². The summed E-state index contributed by atoms with van der Waals surface area (Å²) in [7, 11) is -6.12. The Morgan fingerprint density at radius 2 is 1.88 bits per heavy atom. The number of para-hydroxylation sites is 1. The standard InChI is InChI=1S/C27H34N4O8S2/c1-30-16-25(26(33)23-7-2-3-8-24(23)30)41(36,37)31-11-9-27(10-12-31)14-19(17-39-27)29-15-20(32)18-38-21-5-4-6-22(13-21)40(28,34)35/h2-8,13,16,19-20,29,32H,9-12,14-15,17-18H2,1H3,(H2,28,34,35)/t19-,20+/m1/s1. The van der Waals surface area contributed by atoms with E-state index in [1.54, 1.807) is 41.9 Å². The summed E-state index contributed by atoms with van der Waals surface area (Å²) in [6, 6.07) is 12.6. The van der Waals surface area contributed by atoms with Crippen molar-refractivity contribution < 1.29 is 31.4 Å². The van der Waals surface area contributed by atoms with Crippen LogP contribution in [0, 0.1) is 0 Å². The van der Waals surface area contributed by atoms with Crippen molar-refractivity contribution in [2.75, 3.05) is 32.8 Å². The van der Waals surface area contributed by atoms with Crippen molar-refractivity contribution >= 4 is 30.9 Å². The lowest BCUT2D eigenvalue weighted by Crippen LogP contribution is -2.47. The fraction of sp³-hybridized carbons (Fsp3) is 0.444. The second-order valence-corrected chi connectivity index (χ2v) is 14.1. The van der Waals surface area contributed by atoms with E-state index in [1.165, 1.54) is 28.7 Å². The molecule has 222 valence electrons. The van der Waals surface area contributed by atoms with Crippen LogP contribution in [-0.2, 0) is 31.8 Å². The van der Waals surface area contributed by atoms with Gasteiger partial charge in [0.15, 0.2) is 0 Å². The van der Waals surface area contributed by atoms with Crippen LogP contribution in [0.3, 0.4) is 0 Å². The van der Waals surface area contributed by atoms with Gasteiger partial charge in [-0.3, -0.25) is 4.79 Å². The van der Waals surface area contributed by atoms with Gasteiger partial charge in [-0.2, -0.15) is 4.31 Å². The van der Waals surface area contributed by atoms with Crippen LogP contribution >= 0.6 is 0 Å². The molecule has 41 heavy (non-hydrogen) atoms. The first kappa shape index (κ1) is 29.6. The molecule has 2 aromatic carbocycles. The molecule has 2 atom stereocenters. The maximum absolute atomic E-state index is 13.5. The Morgan fingerprint density at radius 1 is 1.15 bits per heavy atom. The molecule has 14 heteroatoms. The molecule has 0 saturated carbocycles. The molecule has 2 fully saturated rings. The van der Waals surface area contributed by atoms with Crippen LogP contribution in [0.5, 0.6) is 5.75 Å². The molecule has 5 rings (SSSR count). The van der Waals surface area contributed by atoms with E-state index in [4.69, 9.17) is 14.6 Å². The molecule has 4 N–H and O–H groups in total. The molecular weight excluding hydrogens is 572 g/mol. The zero-order valence-electron chi connectivity index (χ0n) is 22.6. The summed E-state index contributed by atoms with van der Waals surface area (Å²) < 4.78 is 64.6. The Balaban J connectivity index is 1.13. The summed E-state index contributed by atoms with van der Waals surface area (Å²) in [5.41, 5.74) is -0.312. The lowest BCUT2D eigenvalue weighted by atomic mass is 9.88. The number of aliphatic hydroxyl groups excluding tert-OH is 1. The highest BCUT2D eigenvalue weighted by molar-refractivity contribution is 7.89. The molecule has 3 aromatic rings. The molecule has 2 saturated heterocycles. The number of piperidine rings is 1. The SMILES string of the molecule is Cn1cc(S(=O)(=O)N2CCC3(CC2)C[C@@H](NC[C@H](O)COc2cccc(S(N)(=O)=O)c2)CO3)c(=O)c2ccccc21. The van der Waals surface area contributed by atoms with Crippen molar-refractivity contribution in [2.24, 2.45) is 12.2 Å². The minimum Gasteiger partial charge on any atom is -0.491 e. The number of aromatic nitrogens is 1. The molecule has 2 aliphatic heterocycles. The van der Waals surface area contributed by atoms with Crippen molar-refractivity contribution in [3.05, 3.63) is 65.0 Å². The second kappa shape index (κ2) is 11.4. The maximum Gasteiger partial charge on any atom is 0.248 e. The lowest BCUT2D eigenvalue weighted by molar-refractivity contribution is -0.0312. The monoisotopic (exact) mass is 606 g/mol. The van der Waals surface area contributed by atoms with Crippen molar-refractivity contribution in [3.63, 3.8) is 0 Å². The smallest absolute Gasteiger partial charge is 0.248 e. The van der Waals surface area contributed by atoms with E-state index < -0.39 is 37.2 Å². The van der Waals surface area contributed by atoms with Crippen LogP contribution in [0.25, 0.3) is 10.9 Å². The van der Waals surface area contributed by atoms with E-state index in [-0.39, 0.29) is 47.8 Å². The highest BCUT2D eigenvalue weighted by Gasteiger charge is 2.45. The number of hydrogen-bond donors (Lipinski definition) is 3. The van der Waals surface area contributed by atoms with Gasteiger partial charge in [-0.05, 0) is 43.5 Å². The highest BCUT2D eigenvalue weighted by Crippen LogP contribution is 2.37. The number of nitrogens with zero attached hydrogens (tertiary/aromatic N) is 2. The quantitative estimate of drug-likeness (QED) is 0.314. The van der Waals surface area contributed by atoms with Gasteiger partial charge in [0.1, 0.15) is 23.4 Å². The van der Waals surface area contributed by atoms with E-state index in [0.717, 1.165) is 0 Å². The molecule has 0 radical (unpaired) electrons. The van der Waals surface area contributed by atoms with Gasteiger partial charge in [-0.15, -0.1) is 0 Å². The molecule has 12 nitrogen and oxygen atoms in total. The number of nitrogens with one attached hydrogen (secondary N) is 1. The number of ether oxygens (including phenoxy) is 2. The Morgan fingerprint density at radius 3 is 2.61 bits per heavy atom. The summed E-state index contributed by atoms with van der Waals surface area (Å²) in [6.45, 7) is 1.06. The Bertz CT molecular complexity index is 1700. The summed E-state index contributed by atoms with van der Waals surface area (Å²) in [4.78, 5) is 12.8. The van der Waals surface area contributed by atoms with Crippen LogP contribution in [0.1, 0.15) is 19.3 Å². The molecule has 0 bridgehead atoms. The van der Waals surface area contributed by atoms with Crippen LogP contribution in [-0.4, -0.2) is 81.4 Å². The molecule has 0 unspecified atom stereocenters. The maximum atomic E-state index is 13.5. The van der Waals surface area contributed by atoms with Gasteiger partial charge in [-0.1, -0.05) is 18.2 Å². The van der Waals surface area contributed by atoms with Gasteiger partial charge in [0.2, 0.25) is 25.5 Å². The summed E-state index contributed by atoms with van der Waals surface area (Å²) in [5.74, 6) is 0.280. The number of fused-ring (bicyclic) bond motifs is 1. The first-order valence-corrected chi connectivity index (χ1v) is 16.3. The first-order chi connectivity index (χ1) is 19.4. The van der Waals surface area contributed by atoms with Gasteiger partial charge in [0.25, 0.3) is 0 Å². The Hall–Kier alpha value is -2.85. The summed E-state index contributed by atoms with van der Waals surface area (Å²) in [5, 5.41) is 19.2. The molecule has 3 heterocycles. The number of pyridine rings is 1. The molecule has 0 amide bonds. The minimum absolute atomic E-state index is 0.0358. The van der Waals surface area contributed by atoms with Crippen molar-refractivity contribution in [3.8, 4) is 5.75 Å². The number of rotatable bonds is 9. The van der Waals surface area contributed by atoms with Crippen molar-refractivity contribution in [1.82, 2.24) is 14.2 Å². The van der Waals surface area contributed by atoms with Crippen molar-refractivity contribution in [1.29, 1.82) is 0 Å². The fourth-order valence-corrected chi connectivity index (χ4v) is 7.61. The number of aryl methyl sites for hydroxylation is 1. The average molecular weight is 607 g/mol. The van der Waals surface area contributed by atoms with Crippen LogP contribution < -0.4 is 20.6 Å². The minimum atomic E-state index is -3.99. The van der Waals surface area contributed by atoms with E-state index in [1.807, 2.05) is 0 Å².